The van der Waals surface area contributed by atoms with E-state index in [4.69, 9.17) is 14.2 Å². The highest BCUT2D eigenvalue weighted by Gasteiger charge is 2.19. The van der Waals surface area contributed by atoms with Gasteiger partial charge in [0.25, 0.3) is 0 Å². The van der Waals surface area contributed by atoms with E-state index in [1.165, 1.54) is 77.0 Å². The lowest BCUT2D eigenvalue weighted by Crippen LogP contribution is -2.30. The maximum atomic E-state index is 12.8. The van der Waals surface area contributed by atoms with E-state index in [-0.39, 0.29) is 31.6 Å². The van der Waals surface area contributed by atoms with E-state index >= 15 is 0 Å². The molecule has 6 nitrogen and oxygen atoms in total. The minimum atomic E-state index is -0.850. The average molecular weight is 1010 g/mol. The van der Waals surface area contributed by atoms with E-state index in [0.717, 1.165) is 116 Å². The van der Waals surface area contributed by atoms with Crippen LogP contribution in [0.5, 0.6) is 0 Å². The SMILES string of the molecule is CC/C=C\C/C=C\C/C=C\C/C=C\C/C=C\CC(=O)OC(COC(=O)CCCCC/C=C\C/C=C\C/C=C\CC)COC(=O)CCCCCCCCCCCCCCCC/C=C\C/C=C\C/C=C\C/C=C\CC. The van der Waals surface area contributed by atoms with Crippen LogP contribution in [-0.4, -0.2) is 37.2 Å². The smallest absolute Gasteiger partial charge is 0.310 e. The molecule has 0 saturated heterocycles. The van der Waals surface area contributed by atoms with Gasteiger partial charge >= 0.3 is 17.9 Å². The Morgan fingerprint density at radius 2 is 0.534 bits per heavy atom. The molecule has 6 heteroatoms. The molecule has 410 valence electrons. The summed E-state index contributed by atoms with van der Waals surface area (Å²) in [6.07, 6.45) is 86.0. The van der Waals surface area contributed by atoms with Crippen molar-refractivity contribution in [2.45, 2.75) is 245 Å². The first-order valence-electron chi connectivity index (χ1n) is 29.3. The van der Waals surface area contributed by atoms with Gasteiger partial charge in [-0.2, -0.15) is 0 Å². The highest BCUT2D eigenvalue weighted by atomic mass is 16.6. The molecule has 0 aromatic carbocycles. The number of hydrogen-bond acceptors (Lipinski definition) is 6. The second-order valence-electron chi connectivity index (χ2n) is 18.8. The van der Waals surface area contributed by atoms with Crippen molar-refractivity contribution in [2.24, 2.45) is 0 Å². The summed E-state index contributed by atoms with van der Waals surface area (Å²) >= 11 is 0. The maximum absolute atomic E-state index is 12.8. The third-order valence-corrected chi connectivity index (χ3v) is 11.9. The second kappa shape index (κ2) is 59.8. The zero-order valence-corrected chi connectivity index (χ0v) is 46.8. The topological polar surface area (TPSA) is 78.9 Å². The summed E-state index contributed by atoms with van der Waals surface area (Å²) in [5.74, 6) is -1.10. The van der Waals surface area contributed by atoms with Crippen LogP contribution in [0.4, 0.5) is 0 Å². The molecule has 0 aliphatic carbocycles. The molecule has 0 bridgehead atoms. The predicted molar refractivity (Wildman–Crippen MR) is 315 cm³/mol. The number of carbonyl (C=O) groups excluding carboxylic acids is 3. The van der Waals surface area contributed by atoms with Crippen molar-refractivity contribution in [3.05, 3.63) is 146 Å². The summed E-state index contributed by atoms with van der Waals surface area (Å²) in [6, 6.07) is 0. The first kappa shape index (κ1) is 68.3. The van der Waals surface area contributed by atoms with E-state index in [9.17, 15) is 14.4 Å². The zero-order chi connectivity index (χ0) is 52.9. The fourth-order valence-corrected chi connectivity index (χ4v) is 7.58. The highest BCUT2D eigenvalue weighted by molar-refractivity contribution is 5.72. The van der Waals surface area contributed by atoms with Crippen molar-refractivity contribution >= 4 is 17.9 Å². The first-order valence-corrected chi connectivity index (χ1v) is 29.3. The number of carbonyl (C=O) groups is 3. The molecule has 0 fully saturated rings. The number of esters is 3. The van der Waals surface area contributed by atoms with Gasteiger partial charge < -0.3 is 14.2 Å². The Labute approximate surface area is 448 Å². The Kier molecular flexibility index (Phi) is 56.0. The molecule has 0 N–H and O–H groups in total. The van der Waals surface area contributed by atoms with E-state index in [1.807, 2.05) is 6.08 Å². The number of ether oxygens (including phenoxy) is 3. The third-order valence-electron chi connectivity index (χ3n) is 11.9. The Morgan fingerprint density at radius 3 is 0.849 bits per heavy atom. The van der Waals surface area contributed by atoms with Gasteiger partial charge in [0, 0.05) is 12.8 Å². The summed E-state index contributed by atoms with van der Waals surface area (Å²) in [7, 11) is 0. The van der Waals surface area contributed by atoms with E-state index in [0.29, 0.717) is 19.3 Å². The average Bonchev–Trinajstić information content (AvgIpc) is 3.39. The zero-order valence-electron chi connectivity index (χ0n) is 46.8. The van der Waals surface area contributed by atoms with Crippen LogP contribution in [-0.2, 0) is 28.6 Å². The molecule has 0 spiro atoms. The van der Waals surface area contributed by atoms with Gasteiger partial charge in [0.2, 0.25) is 0 Å². The summed E-state index contributed by atoms with van der Waals surface area (Å²) < 4.78 is 16.7. The van der Waals surface area contributed by atoms with Crippen molar-refractivity contribution in [3.8, 4) is 0 Å². The molecule has 0 aromatic rings. The van der Waals surface area contributed by atoms with Crippen molar-refractivity contribution in [1.29, 1.82) is 0 Å². The summed E-state index contributed by atoms with van der Waals surface area (Å²) in [5.41, 5.74) is 0. The lowest BCUT2D eigenvalue weighted by molar-refractivity contribution is -0.166. The third kappa shape index (κ3) is 58.1. The Bertz CT molecular complexity index is 1630. The molecule has 0 aliphatic rings. The largest absolute Gasteiger partial charge is 0.462 e. The molecule has 0 aliphatic heterocycles. The van der Waals surface area contributed by atoms with Crippen molar-refractivity contribution in [3.63, 3.8) is 0 Å². The molecular formula is C67H106O6. The highest BCUT2D eigenvalue weighted by Crippen LogP contribution is 2.15. The Hall–Kier alpha value is -4.71. The van der Waals surface area contributed by atoms with Crippen LogP contribution < -0.4 is 0 Å². The second-order valence-corrected chi connectivity index (χ2v) is 18.8. The van der Waals surface area contributed by atoms with Gasteiger partial charge in [0.1, 0.15) is 13.2 Å². The van der Waals surface area contributed by atoms with E-state index in [1.54, 1.807) is 6.08 Å². The number of hydrogen-bond donors (Lipinski definition) is 0. The van der Waals surface area contributed by atoms with Crippen LogP contribution in [0.1, 0.15) is 239 Å². The number of allylic oxidation sites excluding steroid dienone is 23. The molecule has 0 rings (SSSR count). The fourth-order valence-electron chi connectivity index (χ4n) is 7.58. The van der Waals surface area contributed by atoms with Crippen LogP contribution in [0, 0.1) is 0 Å². The van der Waals surface area contributed by atoms with Crippen LogP contribution >= 0.6 is 0 Å². The molecule has 73 heavy (non-hydrogen) atoms. The van der Waals surface area contributed by atoms with E-state index < -0.39 is 12.1 Å². The number of unbranched alkanes of at least 4 members (excludes halogenated alkanes) is 17. The van der Waals surface area contributed by atoms with Crippen molar-refractivity contribution in [2.75, 3.05) is 13.2 Å². The van der Waals surface area contributed by atoms with Gasteiger partial charge in [-0.3, -0.25) is 14.4 Å². The summed E-state index contributed by atoms with van der Waals surface area (Å²) in [4.78, 5) is 38.1. The van der Waals surface area contributed by atoms with Crippen LogP contribution in [0.25, 0.3) is 0 Å². The van der Waals surface area contributed by atoms with Gasteiger partial charge in [-0.05, 0) is 116 Å². The minimum absolute atomic E-state index is 0.0849. The monoisotopic (exact) mass is 1010 g/mol. The van der Waals surface area contributed by atoms with Crippen LogP contribution in [0.2, 0.25) is 0 Å². The predicted octanol–water partition coefficient (Wildman–Crippen LogP) is 20.0. The fraction of sp³-hybridized carbons (Fsp3) is 0.597. The quantitative estimate of drug-likeness (QED) is 0.0261. The number of rotatable bonds is 51. The maximum Gasteiger partial charge on any atom is 0.310 e. The lowest BCUT2D eigenvalue weighted by atomic mass is 10.0. The summed E-state index contributed by atoms with van der Waals surface area (Å²) in [5, 5.41) is 0. The first-order chi connectivity index (χ1) is 36.0. The molecule has 0 saturated carbocycles. The van der Waals surface area contributed by atoms with Crippen molar-refractivity contribution < 1.29 is 28.6 Å². The Balaban J connectivity index is 4.37. The van der Waals surface area contributed by atoms with Gasteiger partial charge in [-0.1, -0.05) is 250 Å². The van der Waals surface area contributed by atoms with Gasteiger partial charge in [0.05, 0.1) is 6.42 Å². The van der Waals surface area contributed by atoms with Crippen molar-refractivity contribution in [1.82, 2.24) is 0 Å². The molecule has 0 radical (unpaired) electrons. The molecule has 0 amide bonds. The van der Waals surface area contributed by atoms with E-state index in [2.05, 4.69) is 154 Å². The summed E-state index contributed by atoms with van der Waals surface area (Å²) in [6.45, 7) is 6.18. The van der Waals surface area contributed by atoms with Gasteiger partial charge in [-0.25, -0.2) is 0 Å². The van der Waals surface area contributed by atoms with Gasteiger partial charge in [-0.15, -0.1) is 0 Å². The standard InChI is InChI=1S/C67H106O6/c1-4-7-10-13-16-19-22-25-27-28-29-30-31-32-33-34-35-36-37-38-40-42-45-48-51-54-57-60-66(69)72-63-64(62-71-65(68)59-56-53-50-47-44-41-24-21-18-15-12-9-6-3)73-67(70)61-58-55-52-49-46-43-39-26-23-20-17-14-11-8-5-2/h7-12,16-21,25-27,29-30,39,41,44,46,49,55,58,64H,4-6,13-15,22-24,28,31-38,40,42-43,45,47-48,50-54,56-57,59-63H2,1-3H3/b10-7-,11-8-,12-9-,19-16-,20-17-,21-18-,27-25-,30-29-,39-26-,44-41-,49-46-,58-55-. The molecule has 1 atom stereocenters. The Morgan fingerprint density at radius 1 is 0.288 bits per heavy atom. The van der Waals surface area contributed by atoms with Gasteiger partial charge in [0.15, 0.2) is 6.10 Å². The molecule has 0 heterocycles. The minimum Gasteiger partial charge on any atom is -0.462 e. The normalized spacial score (nSPS) is 13.2. The van der Waals surface area contributed by atoms with Crippen LogP contribution in [0.3, 0.4) is 0 Å². The molecular weight excluding hydrogens is 901 g/mol. The molecule has 0 aromatic heterocycles. The molecule has 1 unspecified atom stereocenters. The van der Waals surface area contributed by atoms with Crippen LogP contribution in [0.15, 0.2) is 146 Å². The lowest BCUT2D eigenvalue weighted by Gasteiger charge is -2.18.